The summed E-state index contributed by atoms with van der Waals surface area (Å²) in [5.74, 6) is 0. The molecule has 0 aromatic carbocycles. The standard InChI is InChI=1S/C16H32N2O2/c1-3-17-12-16(7-5-4-6-8-16)13-18-9-14(2)20-15(10-18)11-19/h14-15,17,19H,3-13H2,1-2H3. The predicted octanol–water partition coefficient (Wildman–Crippen LogP) is 1.63. The van der Waals surface area contributed by atoms with Crippen LogP contribution in [0.2, 0.25) is 0 Å². The van der Waals surface area contributed by atoms with Crippen LogP contribution >= 0.6 is 0 Å². The lowest BCUT2D eigenvalue weighted by atomic mass is 9.73. The first kappa shape index (κ1) is 16.2. The summed E-state index contributed by atoms with van der Waals surface area (Å²) >= 11 is 0. The van der Waals surface area contributed by atoms with Gasteiger partial charge in [0.2, 0.25) is 0 Å². The van der Waals surface area contributed by atoms with Gasteiger partial charge in [-0.3, -0.25) is 4.90 Å². The summed E-state index contributed by atoms with van der Waals surface area (Å²) in [7, 11) is 0. The molecule has 1 saturated carbocycles. The maximum atomic E-state index is 9.37. The lowest BCUT2D eigenvalue weighted by Crippen LogP contribution is -2.53. The highest BCUT2D eigenvalue weighted by Crippen LogP contribution is 2.37. The summed E-state index contributed by atoms with van der Waals surface area (Å²) in [5, 5.41) is 13.0. The second-order valence-electron chi connectivity index (χ2n) is 6.79. The molecule has 0 amide bonds. The van der Waals surface area contributed by atoms with Gasteiger partial charge >= 0.3 is 0 Å². The first-order chi connectivity index (χ1) is 9.67. The van der Waals surface area contributed by atoms with Crippen molar-refractivity contribution in [1.82, 2.24) is 10.2 Å². The van der Waals surface area contributed by atoms with Gasteiger partial charge < -0.3 is 15.2 Å². The number of nitrogens with zero attached hydrogens (tertiary/aromatic N) is 1. The smallest absolute Gasteiger partial charge is 0.0936 e. The molecule has 118 valence electrons. The molecule has 0 aromatic heterocycles. The van der Waals surface area contributed by atoms with Crippen molar-refractivity contribution in [3.05, 3.63) is 0 Å². The Kier molecular flexibility index (Phi) is 6.27. The van der Waals surface area contributed by atoms with Gasteiger partial charge in [0.15, 0.2) is 0 Å². The Hall–Kier alpha value is -0.160. The molecule has 2 fully saturated rings. The second-order valence-corrected chi connectivity index (χ2v) is 6.79. The number of hydrogen-bond acceptors (Lipinski definition) is 4. The SMILES string of the molecule is CCNCC1(CN2CC(C)OC(CO)C2)CCCCC1. The Morgan fingerprint density at radius 3 is 2.65 bits per heavy atom. The molecule has 2 rings (SSSR count). The van der Waals surface area contributed by atoms with Crippen LogP contribution in [0.4, 0.5) is 0 Å². The van der Waals surface area contributed by atoms with Crippen molar-refractivity contribution in [3.8, 4) is 0 Å². The highest BCUT2D eigenvalue weighted by Gasteiger charge is 2.36. The van der Waals surface area contributed by atoms with E-state index < -0.39 is 0 Å². The highest BCUT2D eigenvalue weighted by molar-refractivity contribution is 4.89. The molecule has 2 aliphatic rings. The minimum Gasteiger partial charge on any atom is -0.394 e. The molecule has 4 heteroatoms. The largest absolute Gasteiger partial charge is 0.394 e. The number of nitrogens with one attached hydrogen (secondary N) is 1. The van der Waals surface area contributed by atoms with Gasteiger partial charge in [0.05, 0.1) is 18.8 Å². The van der Waals surface area contributed by atoms with Crippen molar-refractivity contribution >= 4 is 0 Å². The Labute approximate surface area is 123 Å². The minimum atomic E-state index is -0.00137. The molecule has 1 heterocycles. The van der Waals surface area contributed by atoms with Gasteiger partial charge in [-0.05, 0) is 31.7 Å². The van der Waals surface area contributed by atoms with E-state index in [0.717, 1.165) is 32.7 Å². The quantitative estimate of drug-likeness (QED) is 0.778. The zero-order valence-corrected chi connectivity index (χ0v) is 13.2. The first-order valence-electron chi connectivity index (χ1n) is 8.37. The molecular weight excluding hydrogens is 252 g/mol. The summed E-state index contributed by atoms with van der Waals surface area (Å²) in [4.78, 5) is 2.53. The van der Waals surface area contributed by atoms with Gasteiger partial charge in [-0.1, -0.05) is 26.2 Å². The van der Waals surface area contributed by atoms with Crippen LogP contribution < -0.4 is 5.32 Å². The molecule has 0 aromatic rings. The van der Waals surface area contributed by atoms with E-state index in [4.69, 9.17) is 4.74 Å². The van der Waals surface area contributed by atoms with E-state index >= 15 is 0 Å². The van der Waals surface area contributed by atoms with Gasteiger partial charge in [-0.2, -0.15) is 0 Å². The fourth-order valence-electron chi connectivity index (χ4n) is 3.93. The zero-order valence-electron chi connectivity index (χ0n) is 13.2. The Morgan fingerprint density at radius 1 is 1.25 bits per heavy atom. The molecule has 1 aliphatic heterocycles. The Bertz CT molecular complexity index is 280. The number of ether oxygens (including phenoxy) is 1. The Balaban J connectivity index is 1.95. The molecule has 0 radical (unpaired) electrons. The van der Waals surface area contributed by atoms with Crippen molar-refractivity contribution in [2.75, 3.05) is 39.3 Å². The molecule has 0 spiro atoms. The zero-order chi connectivity index (χ0) is 14.4. The van der Waals surface area contributed by atoms with E-state index in [1.54, 1.807) is 0 Å². The number of rotatable bonds is 6. The number of aliphatic hydroxyl groups is 1. The van der Waals surface area contributed by atoms with Gasteiger partial charge in [0.25, 0.3) is 0 Å². The minimum absolute atomic E-state index is 0.00137. The lowest BCUT2D eigenvalue weighted by Gasteiger charge is -2.45. The molecule has 1 aliphatic carbocycles. The first-order valence-corrected chi connectivity index (χ1v) is 8.37. The van der Waals surface area contributed by atoms with E-state index in [0.29, 0.717) is 5.41 Å². The fourth-order valence-corrected chi connectivity index (χ4v) is 3.93. The van der Waals surface area contributed by atoms with E-state index in [2.05, 4.69) is 24.1 Å². The van der Waals surface area contributed by atoms with Crippen LogP contribution in [-0.2, 0) is 4.74 Å². The monoisotopic (exact) mass is 284 g/mol. The maximum absolute atomic E-state index is 9.37. The van der Waals surface area contributed by atoms with Crippen LogP contribution in [0.15, 0.2) is 0 Å². The van der Waals surface area contributed by atoms with Gasteiger partial charge in [-0.15, -0.1) is 0 Å². The molecule has 2 atom stereocenters. The van der Waals surface area contributed by atoms with E-state index in [1.165, 1.54) is 32.1 Å². The highest BCUT2D eigenvalue weighted by atomic mass is 16.5. The molecule has 2 N–H and O–H groups in total. The fraction of sp³-hybridized carbons (Fsp3) is 1.00. The maximum Gasteiger partial charge on any atom is 0.0936 e. The summed E-state index contributed by atoms with van der Waals surface area (Å²) in [6, 6.07) is 0. The summed E-state index contributed by atoms with van der Waals surface area (Å²) in [6.45, 7) is 9.69. The van der Waals surface area contributed by atoms with Crippen molar-refractivity contribution in [2.45, 2.75) is 58.2 Å². The molecule has 2 unspecified atom stereocenters. The molecule has 1 saturated heterocycles. The van der Waals surface area contributed by atoms with Gasteiger partial charge in [0, 0.05) is 26.2 Å². The van der Waals surface area contributed by atoms with Gasteiger partial charge in [0.1, 0.15) is 0 Å². The molecule has 0 bridgehead atoms. The van der Waals surface area contributed by atoms with E-state index in [1.807, 2.05) is 0 Å². The number of morpholine rings is 1. The summed E-state index contributed by atoms with van der Waals surface area (Å²) in [6.07, 6.45) is 7.06. The van der Waals surface area contributed by atoms with Crippen LogP contribution in [-0.4, -0.2) is 61.5 Å². The molecular formula is C16H32N2O2. The lowest BCUT2D eigenvalue weighted by molar-refractivity contribution is -0.104. The van der Waals surface area contributed by atoms with Crippen molar-refractivity contribution in [2.24, 2.45) is 5.41 Å². The van der Waals surface area contributed by atoms with Crippen molar-refractivity contribution < 1.29 is 9.84 Å². The number of hydrogen-bond donors (Lipinski definition) is 2. The average molecular weight is 284 g/mol. The predicted molar refractivity (Wildman–Crippen MR) is 81.9 cm³/mol. The van der Waals surface area contributed by atoms with Crippen LogP contribution in [0, 0.1) is 5.41 Å². The van der Waals surface area contributed by atoms with E-state index in [9.17, 15) is 5.11 Å². The third kappa shape index (κ3) is 4.42. The van der Waals surface area contributed by atoms with Crippen LogP contribution in [0.1, 0.15) is 46.0 Å². The van der Waals surface area contributed by atoms with Crippen LogP contribution in [0.25, 0.3) is 0 Å². The third-order valence-electron chi connectivity index (χ3n) is 4.83. The second kappa shape index (κ2) is 7.74. The van der Waals surface area contributed by atoms with Crippen molar-refractivity contribution in [3.63, 3.8) is 0 Å². The summed E-state index contributed by atoms with van der Waals surface area (Å²) in [5.41, 5.74) is 0.436. The summed E-state index contributed by atoms with van der Waals surface area (Å²) < 4.78 is 5.76. The normalized spacial score (nSPS) is 31.4. The third-order valence-corrected chi connectivity index (χ3v) is 4.83. The molecule has 20 heavy (non-hydrogen) atoms. The van der Waals surface area contributed by atoms with Crippen LogP contribution in [0.5, 0.6) is 0 Å². The Morgan fingerprint density at radius 2 is 2.00 bits per heavy atom. The van der Waals surface area contributed by atoms with Gasteiger partial charge in [-0.25, -0.2) is 0 Å². The average Bonchev–Trinajstić information content (AvgIpc) is 2.45. The van der Waals surface area contributed by atoms with Crippen LogP contribution in [0.3, 0.4) is 0 Å². The molecule has 4 nitrogen and oxygen atoms in total. The van der Waals surface area contributed by atoms with Crippen molar-refractivity contribution in [1.29, 1.82) is 0 Å². The number of aliphatic hydroxyl groups excluding tert-OH is 1. The van der Waals surface area contributed by atoms with E-state index in [-0.39, 0.29) is 18.8 Å². The topological polar surface area (TPSA) is 44.7 Å².